The maximum atomic E-state index is 6.72. The van der Waals surface area contributed by atoms with E-state index in [4.69, 9.17) is 4.42 Å². The van der Waals surface area contributed by atoms with Gasteiger partial charge in [-0.25, -0.2) is 0 Å². The van der Waals surface area contributed by atoms with Gasteiger partial charge in [-0.05, 0) is 107 Å². The first-order valence-electron chi connectivity index (χ1n) is 20.6. The van der Waals surface area contributed by atoms with Crippen LogP contribution in [0.1, 0.15) is 0 Å². The first-order chi connectivity index (χ1) is 29.8. The quantitative estimate of drug-likeness (QED) is 0.157. The van der Waals surface area contributed by atoms with Crippen LogP contribution < -0.4 is 4.90 Å². The van der Waals surface area contributed by atoms with E-state index < -0.39 is 0 Å². The molecular formula is C58H37NO. The predicted octanol–water partition coefficient (Wildman–Crippen LogP) is 16.7. The Morgan fingerprint density at radius 1 is 0.283 bits per heavy atom. The lowest BCUT2D eigenvalue weighted by atomic mass is 9.84. The predicted molar refractivity (Wildman–Crippen MR) is 255 cm³/mol. The fraction of sp³-hybridized carbons (Fsp3) is 0. The minimum atomic E-state index is 0.865. The molecular weight excluding hydrogens is 727 g/mol. The molecule has 0 radical (unpaired) electrons. The monoisotopic (exact) mass is 763 g/mol. The zero-order chi connectivity index (χ0) is 39.6. The molecule has 0 spiro atoms. The summed E-state index contributed by atoms with van der Waals surface area (Å²) in [5, 5.41) is 12.0. The third kappa shape index (κ3) is 5.42. The van der Waals surface area contributed by atoms with E-state index in [-0.39, 0.29) is 0 Å². The van der Waals surface area contributed by atoms with Crippen molar-refractivity contribution in [2.24, 2.45) is 0 Å². The van der Waals surface area contributed by atoms with Crippen molar-refractivity contribution in [2.75, 3.05) is 4.90 Å². The lowest BCUT2D eigenvalue weighted by molar-refractivity contribution is 0.669. The maximum Gasteiger partial charge on any atom is 0.159 e. The number of hydrogen-bond acceptors (Lipinski definition) is 2. The molecule has 0 amide bonds. The van der Waals surface area contributed by atoms with Crippen molar-refractivity contribution in [3.8, 4) is 33.4 Å². The van der Waals surface area contributed by atoms with Crippen LogP contribution in [-0.4, -0.2) is 0 Å². The van der Waals surface area contributed by atoms with Crippen molar-refractivity contribution in [1.82, 2.24) is 0 Å². The van der Waals surface area contributed by atoms with E-state index in [1.807, 2.05) is 6.07 Å². The molecule has 12 aromatic rings. The average molecular weight is 764 g/mol. The molecule has 0 aliphatic heterocycles. The number of benzene rings is 11. The van der Waals surface area contributed by atoms with Gasteiger partial charge in [0.05, 0.1) is 11.4 Å². The topological polar surface area (TPSA) is 16.4 Å². The van der Waals surface area contributed by atoms with Crippen molar-refractivity contribution in [3.63, 3.8) is 0 Å². The van der Waals surface area contributed by atoms with E-state index in [1.54, 1.807) is 0 Å². The Labute approximate surface area is 347 Å². The van der Waals surface area contributed by atoms with Crippen molar-refractivity contribution in [3.05, 3.63) is 224 Å². The van der Waals surface area contributed by atoms with Gasteiger partial charge in [-0.3, -0.25) is 0 Å². The molecule has 2 nitrogen and oxygen atoms in total. The molecule has 0 aliphatic rings. The lowest BCUT2D eigenvalue weighted by Gasteiger charge is -2.28. The van der Waals surface area contributed by atoms with E-state index >= 15 is 0 Å². The Balaban J connectivity index is 1.08. The Morgan fingerprint density at radius 3 is 1.55 bits per heavy atom. The van der Waals surface area contributed by atoms with Gasteiger partial charge in [0.15, 0.2) is 5.58 Å². The number of nitrogens with zero attached hydrogens (tertiary/aromatic N) is 1. The van der Waals surface area contributed by atoms with Crippen molar-refractivity contribution in [1.29, 1.82) is 0 Å². The molecule has 60 heavy (non-hydrogen) atoms. The van der Waals surface area contributed by atoms with Crippen LogP contribution in [0.5, 0.6) is 0 Å². The SMILES string of the molecule is c1ccc(-c2c(-c3ccccc3)c3cc(-c4ccc(N(c5cc6ccccc6c6ccccc56)c5cccc6c5oc5ccccc56)cc4)ccc3c3ccccc23)cc1. The lowest BCUT2D eigenvalue weighted by Crippen LogP contribution is -2.11. The van der Waals surface area contributed by atoms with Crippen molar-refractivity contribution < 1.29 is 4.42 Å². The summed E-state index contributed by atoms with van der Waals surface area (Å²) >= 11 is 0. The molecule has 0 aliphatic carbocycles. The normalized spacial score (nSPS) is 11.7. The smallest absolute Gasteiger partial charge is 0.159 e. The van der Waals surface area contributed by atoms with E-state index in [9.17, 15) is 0 Å². The van der Waals surface area contributed by atoms with Gasteiger partial charge in [-0.1, -0.05) is 188 Å². The van der Waals surface area contributed by atoms with Crippen LogP contribution in [0.3, 0.4) is 0 Å². The van der Waals surface area contributed by atoms with Gasteiger partial charge in [0.25, 0.3) is 0 Å². The molecule has 280 valence electrons. The highest BCUT2D eigenvalue weighted by Gasteiger charge is 2.23. The van der Waals surface area contributed by atoms with Gasteiger partial charge in [-0.2, -0.15) is 0 Å². The summed E-state index contributed by atoms with van der Waals surface area (Å²) in [6, 6.07) is 81.2. The van der Waals surface area contributed by atoms with Crippen LogP contribution >= 0.6 is 0 Å². The van der Waals surface area contributed by atoms with Gasteiger partial charge in [0, 0.05) is 21.8 Å². The molecule has 0 saturated heterocycles. The number of furan rings is 1. The summed E-state index contributed by atoms with van der Waals surface area (Å²) in [4.78, 5) is 2.38. The minimum Gasteiger partial charge on any atom is -0.454 e. The van der Waals surface area contributed by atoms with Gasteiger partial charge >= 0.3 is 0 Å². The third-order valence-corrected chi connectivity index (χ3v) is 12.2. The van der Waals surface area contributed by atoms with Gasteiger partial charge in [-0.15, -0.1) is 0 Å². The highest BCUT2D eigenvalue weighted by molar-refractivity contribution is 6.22. The van der Waals surface area contributed by atoms with Crippen LogP contribution in [-0.2, 0) is 0 Å². The number of para-hydroxylation sites is 2. The number of hydrogen-bond donors (Lipinski definition) is 0. The summed E-state index contributed by atoms with van der Waals surface area (Å²) in [7, 11) is 0. The molecule has 2 heteroatoms. The summed E-state index contributed by atoms with van der Waals surface area (Å²) in [6.45, 7) is 0. The van der Waals surface area contributed by atoms with E-state index in [1.165, 1.54) is 70.9 Å². The average Bonchev–Trinajstić information content (AvgIpc) is 3.71. The highest BCUT2D eigenvalue weighted by atomic mass is 16.3. The molecule has 0 fully saturated rings. The maximum absolute atomic E-state index is 6.72. The Hall–Kier alpha value is -7.94. The molecule has 0 bridgehead atoms. The second kappa shape index (κ2) is 13.9. The van der Waals surface area contributed by atoms with Gasteiger partial charge in [0.2, 0.25) is 0 Å². The zero-order valence-corrected chi connectivity index (χ0v) is 32.7. The summed E-state index contributed by atoms with van der Waals surface area (Å²) < 4.78 is 6.72. The van der Waals surface area contributed by atoms with E-state index in [2.05, 4.69) is 223 Å². The number of fused-ring (bicyclic) bond motifs is 9. The summed E-state index contributed by atoms with van der Waals surface area (Å²) in [6.07, 6.45) is 0. The molecule has 0 atom stereocenters. The Bertz CT molecular complexity index is 3590. The summed E-state index contributed by atoms with van der Waals surface area (Å²) in [5.41, 5.74) is 12.1. The molecule has 1 aromatic heterocycles. The van der Waals surface area contributed by atoms with Crippen molar-refractivity contribution >= 4 is 82.1 Å². The van der Waals surface area contributed by atoms with Crippen LogP contribution in [0.2, 0.25) is 0 Å². The van der Waals surface area contributed by atoms with E-state index in [0.29, 0.717) is 0 Å². The first kappa shape index (κ1) is 34.1. The van der Waals surface area contributed by atoms with Crippen molar-refractivity contribution in [2.45, 2.75) is 0 Å². The zero-order valence-electron chi connectivity index (χ0n) is 32.7. The Morgan fingerprint density at radius 2 is 0.817 bits per heavy atom. The molecule has 0 N–H and O–H groups in total. The van der Waals surface area contributed by atoms with Crippen LogP contribution in [0.4, 0.5) is 17.1 Å². The standard InChI is InChI=1S/C58H37NO/c1-3-16-39(17-4-1)56-50-26-12-10-23-46(50)47-35-32-41(36-52(47)57(56)40-18-5-2-6-19-40)38-30-33-43(34-31-38)59(53-28-15-27-51-49-25-13-14-29-55(49)60-58(51)53)54-37-42-20-7-8-21-44(42)45-22-9-11-24-48(45)54/h1-37H. The first-order valence-corrected chi connectivity index (χ1v) is 20.6. The fourth-order valence-corrected chi connectivity index (χ4v) is 9.52. The van der Waals surface area contributed by atoms with Gasteiger partial charge in [0.1, 0.15) is 5.58 Å². The summed E-state index contributed by atoms with van der Waals surface area (Å²) in [5.74, 6) is 0. The van der Waals surface area contributed by atoms with Crippen LogP contribution in [0.25, 0.3) is 98.4 Å². The van der Waals surface area contributed by atoms with Gasteiger partial charge < -0.3 is 9.32 Å². The second-order valence-corrected chi connectivity index (χ2v) is 15.6. The molecule has 0 unspecified atom stereocenters. The second-order valence-electron chi connectivity index (χ2n) is 15.6. The fourth-order valence-electron chi connectivity index (χ4n) is 9.52. The number of anilines is 3. The Kier molecular flexibility index (Phi) is 7.89. The minimum absolute atomic E-state index is 0.865. The largest absolute Gasteiger partial charge is 0.454 e. The van der Waals surface area contributed by atoms with Crippen LogP contribution in [0, 0.1) is 0 Å². The van der Waals surface area contributed by atoms with Crippen LogP contribution in [0.15, 0.2) is 229 Å². The number of rotatable bonds is 6. The van der Waals surface area contributed by atoms with E-state index in [0.717, 1.165) is 44.6 Å². The highest BCUT2D eigenvalue weighted by Crippen LogP contribution is 2.48. The molecule has 12 rings (SSSR count). The molecule has 1 heterocycles. The molecule has 11 aromatic carbocycles. The third-order valence-electron chi connectivity index (χ3n) is 12.2. The molecule has 0 saturated carbocycles.